The van der Waals surface area contributed by atoms with E-state index in [2.05, 4.69) is 26.0 Å². The van der Waals surface area contributed by atoms with Gasteiger partial charge in [0.2, 0.25) is 0 Å². The van der Waals surface area contributed by atoms with Gasteiger partial charge in [-0.2, -0.15) is 0 Å². The van der Waals surface area contributed by atoms with E-state index in [-0.39, 0.29) is 12.2 Å². The van der Waals surface area contributed by atoms with E-state index >= 15 is 0 Å². The van der Waals surface area contributed by atoms with E-state index in [4.69, 9.17) is 0 Å². The molecule has 0 aliphatic heterocycles. The molecule has 0 amide bonds. The second kappa shape index (κ2) is 6.25. The highest BCUT2D eigenvalue weighted by Crippen LogP contribution is 2.25. The number of hydrogen-bond acceptors (Lipinski definition) is 6. The first kappa shape index (κ1) is 14.6. The van der Waals surface area contributed by atoms with Crippen molar-refractivity contribution < 1.29 is 4.79 Å². The van der Waals surface area contributed by atoms with Crippen molar-refractivity contribution in [2.45, 2.75) is 6.42 Å². The van der Waals surface area contributed by atoms with Crippen molar-refractivity contribution in [1.29, 1.82) is 0 Å². The fraction of sp³-hybridized carbons (Fsp3) is 0.0556. The van der Waals surface area contributed by atoms with Crippen LogP contribution in [-0.4, -0.2) is 25.7 Å². The summed E-state index contributed by atoms with van der Waals surface area (Å²) in [5, 5.41) is 0.966. The van der Waals surface area contributed by atoms with E-state index in [1.165, 1.54) is 0 Å². The van der Waals surface area contributed by atoms with E-state index in [1.54, 1.807) is 47.6 Å². The Balaban J connectivity index is 1.66. The topological polar surface area (TPSA) is 68.6 Å². The van der Waals surface area contributed by atoms with Crippen LogP contribution in [0.1, 0.15) is 16.1 Å². The second-order valence-corrected chi connectivity index (χ2v) is 6.18. The molecule has 4 aromatic rings. The van der Waals surface area contributed by atoms with Gasteiger partial charge in [-0.1, -0.05) is 0 Å². The molecule has 0 aliphatic carbocycles. The summed E-state index contributed by atoms with van der Waals surface area (Å²) in [6.07, 6.45) is 8.84. The Kier molecular flexibility index (Phi) is 3.80. The number of Topliss-reactive ketones (excluding diaryl/α,β-unsaturated/α-hetero) is 1. The number of carbonyl (C=O) groups excluding carboxylic acids is 1. The third kappa shape index (κ3) is 2.91. The van der Waals surface area contributed by atoms with Crippen molar-refractivity contribution in [2.75, 3.05) is 0 Å². The molecule has 0 unspecified atom stereocenters. The highest BCUT2D eigenvalue weighted by molar-refractivity contribution is 7.13. The summed E-state index contributed by atoms with van der Waals surface area (Å²) in [4.78, 5) is 30.2. The Bertz CT molecular complexity index is 1000. The Morgan fingerprint density at radius 2 is 1.88 bits per heavy atom. The van der Waals surface area contributed by atoms with Gasteiger partial charge < -0.3 is 0 Å². The highest BCUT2D eigenvalue weighted by atomic mass is 32.1. The molecule has 4 rings (SSSR count). The maximum Gasteiger partial charge on any atom is 0.168 e. The first-order chi connectivity index (χ1) is 11.8. The highest BCUT2D eigenvalue weighted by Gasteiger charge is 2.09. The normalized spacial score (nSPS) is 10.8. The third-order valence-electron chi connectivity index (χ3n) is 3.69. The summed E-state index contributed by atoms with van der Waals surface area (Å²) in [7, 11) is 0. The fourth-order valence-electron chi connectivity index (χ4n) is 2.47. The molecule has 0 spiro atoms. The lowest BCUT2D eigenvalue weighted by Crippen LogP contribution is -2.05. The largest absolute Gasteiger partial charge is 0.294 e. The summed E-state index contributed by atoms with van der Waals surface area (Å²) in [6.45, 7) is 0. The Hall–Kier alpha value is -2.99. The molecule has 0 fully saturated rings. The number of thiazole rings is 1. The molecule has 5 nitrogen and oxygen atoms in total. The van der Waals surface area contributed by atoms with Gasteiger partial charge in [0.1, 0.15) is 0 Å². The quantitative estimate of drug-likeness (QED) is 0.534. The molecule has 0 aromatic carbocycles. The first-order valence-corrected chi connectivity index (χ1v) is 8.24. The monoisotopic (exact) mass is 332 g/mol. The molecule has 0 atom stereocenters. The minimum absolute atomic E-state index is 0.0239. The van der Waals surface area contributed by atoms with Crippen LogP contribution in [0, 0.1) is 0 Å². The second-order valence-electron chi connectivity index (χ2n) is 5.29. The Labute approximate surface area is 142 Å². The molecule has 4 heterocycles. The fourth-order valence-corrected chi connectivity index (χ4v) is 3.08. The van der Waals surface area contributed by atoms with Gasteiger partial charge >= 0.3 is 0 Å². The third-order valence-corrected chi connectivity index (χ3v) is 4.51. The van der Waals surface area contributed by atoms with Crippen molar-refractivity contribution in [2.24, 2.45) is 0 Å². The minimum Gasteiger partial charge on any atom is -0.294 e. The van der Waals surface area contributed by atoms with Gasteiger partial charge in [0.05, 0.1) is 28.5 Å². The van der Waals surface area contributed by atoms with Crippen LogP contribution in [0.2, 0.25) is 0 Å². The molecule has 0 radical (unpaired) electrons. The number of ketones is 1. The molecule has 0 saturated heterocycles. The van der Waals surface area contributed by atoms with Gasteiger partial charge in [0, 0.05) is 47.0 Å². The smallest absolute Gasteiger partial charge is 0.168 e. The summed E-state index contributed by atoms with van der Waals surface area (Å²) < 4.78 is 0. The van der Waals surface area contributed by atoms with E-state index in [0.29, 0.717) is 5.56 Å². The van der Waals surface area contributed by atoms with Crippen LogP contribution in [0.3, 0.4) is 0 Å². The maximum absolute atomic E-state index is 12.3. The number of fused-ring (bicyclic) bond motifs is 1. The number of aromatic nitrogens is 4. The van der Waals surface area contributed by atoms with Gasteiger partial charge in [-0.25, -0.2) is 0 Å². The van der Waals surface area contributed by atoms with E-state index in [9.17, 15) is 4.79 Å². The maximum atomic E-state index is 12.3. The van der Waals surface area contributed by atoms with Crippen LogP contribution in [0.15, 0.2) is 60.8 Å². The molecule has 116 valence electrons. The number of rotatable bonds is 4. The van der Waals surface area contributed by atoms with Gasteiger partial charge in [0.25, 0.3) is 0 Å². The zero-order valence-electron chi connectivity index (χ0n) is 12.6. The van der Waals surface area contributed by atoms with Crippen molar-refractivity contribution >= 4 is 28.0 Å². The molecular formula is C18H12N4OS. The molecule has 0 N–H and O–H groups in total. The molecule has 4 aromatic heterocycles. The Morgan fingerprint density at radius 1 is 1.00 bits per heavy atom. The van der Waals surface area contributed by atoms with Gasteiger partial charge in [-0.3, -0.25) is 24.7 Å². The average molecular weight is 332 g/mol. The number of carbonyl (C=O) groups is 1. The van der Waals surface area contributed by atoms with Crippen molar-refractivity contribution in [3.05, 3.63) is 72.0 Å². The van der Waals surface area contributed by atoms with E-state index in [1.807, 2.05) is 18.5 Å². The number of hydrogen-bond donors (Lipinski definition) is 0. The molecule has 0 bridgehead atoms. The predicted octanol–water partition coefficient (Wildman–Crippen LogP) is 3.57. The van der Waals surface area contributed by atoms with Crippen LogP contribution >= 0.6 is 11.3 Å². The standard InChI is InChI=1S/C18H12N4OS/c23-17(12-1-3-19-4-2-12)7-15-6-13-5-14(18-10-20-11-24-18)8-22-16(13)9-21-15/h1-6,8-11H,7H2. The zero-order valence-corrected chi connectivity index (χ0v) is 13.4. The van der Waals surface area contributed by atoms with Gasteiger partial charge in [-0.15, -0.1) is 11.3 Å². The average Bonchev–Trinajstić information content (AvgIpc) is 3.16. The summed E-state index contributed by atoms with van der Waals surface area (Å²) in [6, 6.07) is 7.41. The van der Waals surface area contributed by atoms with Gasteiger partial charge in [0.15, 0.2) is 5.78 Å². The Morgan fingerprint density at radius 3 is 2.67 bits per heavy atom. The molecule has 0 aliphatic rings. The lowest BCUT2D eigenvalue weighted by atomic mass is 10.1. The minimum atomic E-state index is 0.0239. The van der Waals surface area contributed by atoms with Gasteiger partial charge in [-0.05, 0) is 24.3 Å². The van der Waals surface area contributed by atoms with Crippen molar-refractivity contribution in [3.63, 3.8) is 0 Å². The van der Waals surface area contributed by atoms with Crippen LogP contribution in [0.25, 0.3) is 21.3 Å². The summed E-state index contributed by atoms with van der Waals surface area (Å²) in [5.74, 6) is 0.0239. The van der Waals surface area contributed by atoms with Crippen LogP contribution < -0.4 is 0 Å². The molecule has 0 saturated carbocycles. The zero-order chi connectivity index (χ0) is 16.4. The van der Waals surface area contributed by atoms with E-state index < -0.39 is 0 Å². The molecule has 24 heavy (non-hydrogen) atoms. The van der Waals surface area contributed by atoms with E-state index in [0.717, 1.165) is 27.0 Å². The van der Waals surface area contributed by atoms with Crippen molar-refractivity contribution in [1.82, 2.24) is 19.9 Å². The van der Waals surface area contributed by atoms with Crippen LogP contribution in [0.4, 0.5) is 0 Å². The molecular weight excluding hydrogens is 320 g/mol. The van der Waals surface area contributed by atoms with Crippen molar-refractivity contribution in [3.8, 4) is 10.4 Å². The first-order valence-electron chi connectivity index (χ1n) is 7.36. The predicted molar refractivity (Wildman–Crippen MR) is 92.9 cm³/mol. The summed E-state index contributed by atoms with van der Waals surface area (Å²) in [5.41, 5.74) is 4.99. The van der Waals surface area contributed by atoms with Crippen LogP contribution in [0.5, 0.6) is 0 Å². The lowest BCUT2D eigenvalue weighted by Gasteiger charge is -2.04. The number of nitrogens with zero attached hydrogens (tertiary/aromatic N) is 4. The SMILES string of the molecule is O=C(Cc1cc2cc(-c3cncs3)cnc2cn1)c1ccncc1. The lowest BCUT2D eigenvalue weighted by molar-refractivity contribution is 0.0992. The summed E-state index contributed by atoms with van der Waals surface area (Å²) >= 11 is 1.57. The number of pyridine rings is 3. The molecule has 6 heteroatoms. The van der Waals surface area contributed by atoms with Crippen LogP contribution in [-0.2, 0) is 6.42 Å².